The Kier molecular flexibility index (Phi) is 9.05. The number of nitrogens with one attached hydrogen (secondary N) is 2. The lowest BCUT2D eigenvalue weighted by atomic mass is 9.90. The normalized spacial score (nSPS) is 16.5. The number of hydrogen-bond acceptors (Lipinski definition) is 7. The van der Waals surface area contributed by atoms with E-state index in [0.717, 1.165) is 78.5 Å². The minimum Gasteiger partial charge on any atom is -0.492 e. The number of carbonyl (C=O) groups is 1. The number of hydrogen-bond donors (Lipinski definition) is 2. The summed E-state index contributed by atoms with van der Waals surface area (Å²) in [6.07, 6.45) is 13.1. The van der Waals surface area contributed by atoms with Gasteiger partial charge in [-0.3, -0.25) is 9.78 Å². The minimum atomic E-state index is -0.176. The van der Waals surface area contributed by atoms with E-state index in [1.807, 2.05) is 42.6 Å². The van der Waals surface area contributed by atoms with E-state index < -0.39 is 0 Å². The molecule has 44 heavy (non-hydrogen) atoms. The first kappa shape index (κ1) is 30.0. The number of ether oxygens (including phenoxy) is 2. The molecule has 1 aromatic carbocycles. The highest BCUT2D eigenvalue weighted by molar-refractivity contribution is 5.94. The summed E-state index contributed by atoms with van der Waals surface area (Å²) in [7, 11) is 0. The molecule has 0 bridgehead atoms. The lowest BCUT2D eigenvalue weighted by Crippen LogP contribution is -2.38. The Morgan fingerprint density at radius 1 is 1.09 bits per heavy atom. The van der Waals surface area contributed by atoms with Crippen LogP contribution in [0.1, 0.15) is 80.8 Å². The average molecular weight is 596 g/mol. The summed E-state index contributed by atoms with van der Waals surface area (Å²) in [5.41, 5.74) is 6.15. The Labute approximate surface area is 261 Å². The number of nitrogens with zero attached hydrogens (tertiary/aromatic N) is 3. The van der Waals surface area contributed by atoms with Gasteiger partial charge in [0.05, 0.1) is 6.61 Å². The molecule has 0 unspecified atom stereocenters. The fourth-order valence-electron chi connectivity index (χ4n) is 6.22. The molecule has 1 aliphatic carbocycles. The average Bonchev–Trinajstić information content (AvgIpc) is 3.49. The number of benzene rings is 1. The number of fused-ring (bicyclic) bond motifs is 1. The summed E-state index contributed by atoms with van der Waals surface area (Å²) < 4.78 is 12.4. The van der Waals surface area contributed by atoms with Crippen LogP contribution in [-0.4, -0.2) is 52.6 Å². The number of amides is 1. The number of piperidine rings is 1. The predicted octanol–water partition coefficient (Wildman–Crippen LogP) is 6.73. The van der Waals surface area contributed by atoms with Crippen LogP contribution in [0.3, 0.4) is 0 Å². The van der Waals surface area contributed by atoms with E-state index >= 15 is 0 Å². The van der Waals surface area contributed by atoms with Gasteiger partial charge in [0, 0.05) is 67.9 Å². The van der Waals surface area contributed by atoms with Gasteiger partial charge in [-0.15, -0.1) is 0 Å². The van der Waals surface area contributed by atoms with Gasteiger partial charge in [-0.05, 0) is 106 Å². The highest BCUT2D eigenvalue weighted by atomic mass is 16.5. The Hall–Kier alpha value is -4.07. The third kappa shape index (κ3) is 7.17. The zero-order chi connectivity index (χ0) is 30.5. The van der Waals surface area contributed by atoms with E-state index in [4.69, 9.17) is 14.5 Å². The van der Waals surface area contributed by atoms with Crippen molar-refractivity contribution >= 4 is 11.7 Å². The monoisotopic (exact) mass is 595 g/mol. The van der Waals surface area contributed by atoms with Gasteiger partial charge in [0.1, 0.15) is 17.2 Å². The maximum atomic E-state index is 13.0. The van der Waals surface area contributed by atoms with Crippen LogP contribution < -0.4 is 15.4 Å². The molecule has 2 aromatic heterocycles. The van der Waals surface area contributed by atoms with Crippen molar-refractivity contribution in [1.29, 1.82) is 0 Å². The summed E-state index contributed by atoms with van der Waals surface area (Å²) in [5.74, 6) is 3.46. The lowest BCUT2D eigenvalue weighted by molar-refractivity contribution is -0.0119. The van der Waals surface area contributed by atoms with Gasteiger partial charge in [-0.2, -0.15) is 0 Å². The molecule has 3 aromatic rings. The first-order chi connectivity index (χ1) is 21.3. The molecule has 2 aliphatic heterocycles. The topological polar surface area (TPSA) is 88.6 Å². The van der Waals surface area contributed by atoms with Gasteiger partial charge in [0.15, 0.2) is 5.88 Å². The van der Waals surface area contributed by atoms with E-state index in [2.05, 4.69) is 41.3 Å². The SMILES string of the molecule is CC(C)(C)OC(=C1CCC1)N1CCC(CCNC(=O)c2cccc(CNc3ncc(-c4ccncc4)c4c3CCO4)c2)CC1. The molecule has 232 valence electrons. The van der Waals surface area contributed by atoms with Gasteiger partial charge in [-0.1, -0.05) is 12.1 Å². The largest absolute Gasteiger partial charge is 0.492 e. The van der Waals surface area contributed by atoms with Gasteiger partial charge in [0.2, 0.25) is 0 Å². The van der Waals surface area contributed by atoms with E-state index in [0.29, 0.717) is 31.2 Å². The van der Waals surface area contributed by atoms with Crippen molar-refractivity contribution < 1.29 is 14.3 Å². The molecule has 0 atom stereocenters. The van der Waals surface area contributed by atoms with Crippen LogP contribution >= 0.6 is 0 Å². The molecule has 2 N–H and O–H groups in total. The molecular formula is C36H45N5O3. The summed E-state index contributed by atoms with van der Waals surface area (Å²) in [6.45, 7) is 10.4. The Morgan fingerprint density at radius 2 is 1.89 bits per heavy atom. The zero-order valence-corrected chi connectivity index (χ0v) is 26.3. The van der Waals surface area contributed by atoms with Crippen LogP contribution in [-0.2, 0) is 17.7 Å². The first-order valence-corrected chi connectivity index (χ1v) is 16.2. The highest BCUT2D eigenvalue weighted by Crippen LogP contribution is 2.39. The van der Waals surface area contributed by atoms with Crippen molar-refractivity contribution in [2.45, 2.75) is 77.9 Å². The quantitative estimate of drug-likeness (QED) is 0.251. The van der Waals surface area contributed by atoms with Crippen LogP contribution in [0.5, 0.6) is 5.75 Å². The summed E-state index contributed by atoms with van der Waals surface area (Å²) in [4.78, 5) is 24.3. The van der Waals surface area contributed by atoms with Crippen LogP contribution in [0.4, 0.5) is 5.82 Å². The van der Waals surface area contributed by atoms with Gasteiger partial charge in [-0.25, -0.2) is 4.98 Å². The van der Waals surface area contributed by atoms with E-state index in [1.54, 1.807) is 12.4 Å². The number of rotatable bonds is 10. The summed E-state index contributed by atoms with van der Waals surface area (Å²) in [6, 6.07) is 11.8. The molecule has 0 radical (unpaired) electrons. The Bertz CT molecular complexity index is 1480. The summed E-state index contributed by atoms with van der Waals surface area (Å²) >= 11 is 0. The predicted molar refractivity (Wildman–Crippen MR) is 173 cm³/mol. The zero-order valence-electron chi connectivity index (χ0n) is 26.3. The van der Waals surface area contributed by atoms with Crippen molar-refractivity contribution in [2.75, 3.05) is 31.6 Å². The minimum absolute atomic E-state index is 0.0195. The molecule has 0 spiro atoms. The second-order valence-corrected chi connectivity index (χ2v) is 13.2. The molecule has 2 fully saturated rings. The first-order valence-electron chi connectivity index (χ1n) is 16.2. The second kappa shape index (κ2) is 13.3. The van der Waals surface area contributed by atoms with Crippen molar-refractivity contribution in [1.82, 2.24) is 20.2 Å². The molecule has 1 saturated carbocycles. The number of pyridine rings is 2. The standard InChI is InChI=1S/C36H45N5O3/c1-36(2,3)44-35(28-7-5-8-28)41-19-13-25(14-20-41)10-18-38-34(42)29-9-4-6-26(22-29)23-39-33-30-15-21-43-32(30)31(24-40-33)27-11-16-37-17-12-27/h4,6,9,11-12,16-17,22,24-25H,5,7-8,10,13-15,18-21,23H2,1-3H3,(H,38,42)(H,39,40). The molecule has 8 heteroatoms. The van der Waals surface area contributed by atoms with Gasteiger partial charge < -0.3 is 25.0 Å². The third-order valence-corrected chi connectivity index (χ3v) is 8.77. The molecular weight excluding hydrogens is 550 g/mol. The molecule has 4 heterocycles. The maximum absolute atomic E-state index is 13.0. The van der Waals surface area contributed by atoms with E-state index in [1.165, 1.54) is 24.8 Å². The Balaban J connectivity index is 0.984. The lowest BCUT2D eigenvalue weighted by Gasteiger charge is -2.40. The van der Waals surface area contributed by atoms with Gasteiger partial charge in [0.25, 0.3) is 5.91 Å². The smallest absolute Gasteiger partial charge is 0.251 e. The van der Waals surface area contributed by atoms with Crippen LogP contribution in [0, 0.1) is 5.92 Å². The third-order valence-electron chi connectivity index (χ3n) is 8.77. The summed E-state index contributed by atoms with van der Waals surface area (Å²) in [5, 5.41) is 6.64. The molecule has 6 rings (SSSR count). The van der Waals surface area contributed by atoms with Gasteiger partial charge >= 0.3 is 0 Å². The molecule has 8 nitrogen and oxygen atoms in total. The molecule has 1 saturated heterocycles. The number of likely N-dealkylation sites (tertiary alicyclic amines) is 1. The highest BCUT2D eigenvalue weighted by Gasteiger charge is 2.29. The number of anilines is 1. The number of allylic oxidation sites excluding steroid dienone is 1. The van der Waals surface area contributed by atoms with Crippen LogP contribution in [0.25, 0.3) is 11.1 Å². The van der Waals surface area contributed by atoms with Crippen molar-refractivity contribution in [3.63, 3.8) is 0 Å². The van der Waals surface area contributed by atoms with Crippen molar-refractivity contribution in [2.24, 2.45) is 5.92 Å². The molecule has 3 aliphatic rings. The van der Waals surface area contributed by atoms with Crippen LogP contribution in [0.2, 0.25) is 0 Å². The Morgan fingerprint density at radius 3 is 2.61 bits per heavy atom. The van der Waals surface area contributed by atoms with Crippen molar-refractivity contribution in [3.8, 4) is 16.9 Å². The van der Waals surface area contributed by atoms with Crippen LogP contribution in [0.15, 0.2) is 66.4 Å². The van der Waals surface area contributed by atoms with Crippen molar-refractivity contribution in [3.05, 3.63) is 83.1 Å². The number of aromatic nitrogens is 2. The molecule has 1 amide bonds. The van der Waals surface area contributed by atoms with E-state index in [9.17, 15) is 4.79 Å². The fraction of sp³-hybridized carbons (Fsp3) is 0.472. The maximum Gasteiger partial charge on any atom is 0.251 e. The number of carbonyl (C=O) groups excluding carboxylic acids is 1. The second-order valence-electron chi connectivity index (χ2n) is 13.2. The van der Waals surface area contributed by atoms with E-state index in [-0.39, 0.29) is 11.5 Å². The fourth-order valence-corrected chi connectivity index (χ4v) is 6.22.